The van der Waals surface area contributed by atoms with Gasteiger partial charge in [-0.05, 0) is 18.2 Å². The van der Waals surface area contributed by atoms with Crippen LogP contribution in [0.15, 0.2) is 24.3 Å². The van der Waals surface area contributed by atoms with Gasteiger partial charge >= 0.3 is 0 Å². The summed E-state index contributed by atoms with van der Waals surface area (Å²) in [4.78, 5) is 0. The van der Waals surface area contributed by atoms with Crippen LogP contribution in [0.3, 0.4) is 0 Å². The summed E-state index contributed by atoms with van der Waals surface area (Å²) >= 11 is 35.7. The fraction of sp³-hybridized carbons (Fsp3) is 0. The van der Waals surface area contributed by atoms with Crippen LogP contribution < -0.4 is 4.74 Å². The van der Waals surface area contributed by atoms with E-state index in [4.69, 9.17) is 74.3 Å². The molecule has 0 unspecified atom stereocenters. The molecule has 2 aromatic rings. The fourth-order valence-electron chi connectivity index (χ4n) is 1.32. The lowest BCUT2D eigenvalue weighted by Gasteiger charge is -2.13. The van der Waals surface area contributed by atoms with Gasteiger partial charge in [0, 0.05) is 0 Å². The zero-order valence-electron chi connectivity index (χ0n) is 8.99. The van der Waals surface area contributed by atoms with E-state index in [1.54, 1.807) is 18.2 Å². The van der Waals surface area contributed by atoms with Crippen molar-refractivity contribution in [3.8, 4) is 11.5 Å². The SMILES string of the molecule is Clc1cccc(Oc2c(Cl)cc(Cl)c(Cl)c2Cl)c1Cl. The van der Waals surface area contributed by atoms with Gasteiger partial charge in [0.2, 0.25) is 0 Å². The normalized spacial score (nSPS) is 10.6. The van der Waals surface area contributed by atoms with Crippen molar-refractivity contribution in [2.24, 2.45) is 0 Å². The smallest absolute Gasteiger partial charge is 0.166 e. The van der Waals surface area contributed by atoms with Crippen molar-refractivity contribution in [2.75, 3.05) is 0 Å². The Morgan fingerprint density at radius 1 is 0.684 bits per heavy atom. The summed E-state index contributed by atoms with van der Waals surface area (Å²) in [5.74, 6) is 0.484. The molecule has 2 rings (SSSR count). The van der Waals surface area contributed by atoms with Gasteiger partial charge in [-0.1, -0.05) is 75.7 Å². The maximum atomic E-state index is 6.04. The Morgan fingerprint density at radius 2 is 1.37 bits per heavy atom. The van der Waals surface area contributed by atoms with Gasteiger partial charge in [-0.25, -0.2) is 0 Å². The highest BCUT2D eigenvalue weighted by Crippen LogP contribution is 2.45. The minimum absolute atomic E-state index is 0.107. The van der Waals surface area contributed by atoms with Crippen molar-refractivity contribution in [3.63, 3.8) is 0 Å². The van der Waals surface area contributed by atoms with E-state index in [-0.39, 0.29) is 30.9 Å². The predicted molar refractivity (Wildman–Crippen MR) is 83.0 cm³/mol. The lowest BCUT2D eigenvalue weighted by Crippen LogP contribution is -1.89. The Balaban J connectivity index is 2.50. The predicted octanol–water partition coefficient (Wildman–Crippen LogP) is 7.40. The van der Waals surface area contributed by atoms with E-state index in [1.165, 1.54) is 6.07 Å². The van der Waals surface area contributed by atoms with Crippen LogP contribution in [-0.4, -0.2) is 0 Å². The maximum Gasteiger partial charge on any atom is 0.166 e. The van der Waals surface area contributed by atoms with Gasteiger partial charge in [-0.2, -0.15) is 0 Å². The molecule has 7 heteroatoms. The molecule has 0 saturated heterocycles. The summed E-state index contributed by atoms with van der Waals surface area (Å²) < 4.78 is 5.56. The van der Waals surface area contributed by atoms with Crippen molar-refractivity contribution in [1.29, 1.82) is 0 Å². The van der Waals surface area contributed by atoms with Gasteiger partial charge in [0.1, 0.15) is 15.8 Å². The second-order valence-electron chi connectivity index (χ2n) is 3.45. The largest absolute Gasteiger partial charge is 0.453 e. The first-order valence-electron chi connectivity index (χ1n) is 4.86. The molecule has 0 atom stereocenters. The quantitative estimate of drug-likeness (QED) is 0.392. The first kappa shape index (κ1) is 15.4. The number of hydrogen-bond donors (Lipinski definition) is 0. The van der Waals surface area contributed by atoms with Crippen molar-refractivity contribution in [2.45, 2.75) is 0 Å². The lowest BCUT2D eigenvalue weighted by atomic mass is 10.3. The number of benzene rings is 2. The molecule has 0 heterocycles. The molecule has 0 N–H and O–H groups in total. The summed E-state index contributed by atoms with van der Waals surface area (Å²) in [7, 11) is 0. The molecule has 100 valence electrons. The average Bonchev–Trinajstić information content (AvgIpc) is 2.37. The van der Waals surface area contributed by atoms with E-state index in [2.05, 4.69) is 0 Å². The lowest BCUT2D eigenvalue weighted by molar-refractivity contribution is 0.483. The van der Waals surface area contributed by atoms with E-state index in [9.17, 15) is 0 Å². The minimum atomic E-state index is 0.107. The van der Waals surface area contributed by atoms with Crippen LogP contribution in [0.25, 0.3) is 0 Å². The number of halogens is 6. The number of hydrogen-bond acceptors (Lipinski definition) is 1. The zero-order valence-corrected chi connectivity index (χ0v) is 13.5. The van der Waals surface area contributed by atoms with Crippen LogP contribution in [0.5, 0.6) is 11.5 Å². The van der Waals surface area contributed by atoms with Crippen molar-refractivity contribution < 1.29 is 4.74 Å². The summed E-state index contributed by atoms with van der Waals surface area (Å²) in [5.41, 5.74) is 0. The standard InChI is InChI=1S/C12H4Cl6O/c13-5-2-1-3-8(9(5)16)19-12-7(15)4-6(14)10(17)11(12)18/h1-4H. The van der Waals surface area contributed by atoms with Gasteiger partial charge < -0.3 is 4.74 Å². The van der Waals surface area contributed by atoms with Crippen molar-refractivity contribution in [3.05, 3.63) is 54.4 Å². The summed E-state index contributed by atoms with van der Waals surface area (Å²) in [5, 5.41) is 1.32. The van der Waals surface area contributed by atoms with Gasteiger partial charge in [0.05, 0.1) is 20.1 Å². The average molecular weight is 377 g/mol. The Hall–Kier alpha value is -0.0200. The van der Waals surface area contributed by atoms with E-state index >= 15 is 0 Å². The molecular weight excluding hydrogens is 373 g/mol. The zero-order chi connectivity index (χ0) is 14.2. The molecule has 0 aromatic heterocycles. The van der Waals surface area contributed by atoms with Crippen LogP contribution in [0.1, 0.15) is 0 Å². The molecule has 19 heavy (non-hydrogen) atoms. The minimum Gasteiger partial charge on any atom is -0.453 e. The molecule has 0 fully saturated rings. The fourth-order valence-corrected chi connectivity index (χ4v) is 2.63. The second kappa shape index (κ2) is 6.17. The van der Waals surface area contributed by atoms with Crippen LogP contribution in [-0.2, 0) is 0 Å². The summed E-state index contributed by atoms with van der Waals surface area (Å²) in [6.45, 7) is 0. The molecule has 0 amide bonds. The van der Waals surface area contributed by atoms with Gasteiger partial charge in [0.25, 0.3) is 0 Å². The van der Waals surface area contributed by atoms with E-state index < -0.39 is 0 Å². The molecule has 0 aliphatic rings. The van der Waals surface area contributed by atoms with Crippen LogP contribution in [0.2, 0.25) is 30.1 Å². The highest BCUT2D eigenvalue weighted by atomic mass is 35.5. The molecule has 0 spiro atoms. The van der Waals surface area contributed by atoms with Gasteiger partial charge in [-0.15, -0.1) is 0 Å². The van der Waals surface area contributed by atoms with E-state index in [0.29, 0.717) is 10.8 Å². The third-order valence-corrected chi connectivity index (χ3v) is 4.53. The van der Waals surface area contributed by atoms with E-state index in [1.807, 2.05) is 0 Å². The molecule has 2 aromatic carbocycles. The Bertz CT molecular complexity index is 641. The number of ether oxygens (including phenoxy) is 1. The topological polar surface area (TPSA) is 9.23 Å². The molecule has 0 saturated carbocycles. The molecule has 0 bridgehead atoms. The Morgan fingerprint density at radius 3 is 2.05 bits per heavy atom. The first-order valence-corrected chi connectivity index (χ1v) is 7.13. The summed E-state index contributed by atoms with van der Waals surface area (Å²) in [6.07, 6.45) is 0. The molecular formula is C12H4Cl6O. The van der Waals surface area contributed by atoms with E-state index in [0.717, 1.165) is 0 Å². The third-order valence-electron chi connectivity index (χ3n) is 2.20. The number of rotatable bonds is 2. The highest BCUT2D eigenvalue weighted by molar-refractivity contribution is 6.50. The first-order chi connectivity index (χ1) is 8.91. The third kappa shape index (κ3) is 3.18. The molecule has 0 aliphatic heterocycles. The molecule has 0 radical (unpaired) electrons. The Labute approximate surface area is 139 Å². The van der Waals surface area contributed by atoms with Crippen molar-refractivity contribution >= 4 is 69.6 Å². The van der Waals surface area contributed by atoms with Crippen molar-refractivity contribution in [1.82, 2.24) is 0 Å². The molecule has 1 nitrogen and oxygen atoms in total. The highest BCUT2D eigenvalue weighted by Gasteiger charge is 2.17. The maximum absolute atomic E-state index is 6.04. The van der Waals surface area contributed by atoms with Gasteiger partial charge in [-0.3, -0.25) is 0 Å². The van der Waals surface area contributed by atoms with Crippen LogP contribution in [0, 0.1) is 0 Å². The second-order valence-corrected chi connectivity index (χ2v) is 5.81. The van der Waals surface area contributed by atoms with Gasteiger partial charge in [0.15, 0.2) is 5.75 Å². The monoisotopic (exact) mass is 374 g/mol. The van der Waals surface area contributed by atoms with Crippen LogP contribution in [0.4, 0.5) is 0 Å². The molecule has 0 aliphatic carbocycles. The Kier molecular flexibility index (Phi) is 4.99. The van der Waals surface area contributed by atoms with Crippen LogP contribution >= 0.6 is 69.6 Å². The summed E-state index contributed by atoms with van der Waals surface area (Å²) in [6, 6.07) is 6.38.